The minimum Gasteiger partial charge on any atom is -0.454 e. The zero-order valence-electron chi connectivity index (χ0n) is 18.5. The SMILES string of the molecule is COC[C@H](C)NC(=O)COC(=O)[C@H](NC(=O)c1ccc(C(C)(C)C)cc1)C(C)C. The van der Waals surface area contributed by atoms with Crippen LogP contribution in [-0.4, -0.2) is 50.2 Å². The van der Waals surface area contributed by atoms with Crippen LogP contribution in [0.3, 0.4) is 0 Å². The van der Waals surface area contributed by atoms with E-state index in [-0.39, 0.29) is 23.3 Å². The first-order chi connectivity index (χ1) is 13.5. The molecule has 0 aliphatic heterocycles. The Labute approximate surface area is 173 Å². The first-order valence-corrected chi connectivity index (χ1v) is 9.82. The van der Waals surface area contributed by atoms with Crippen molar-refractivity contribution >= 4 is 17.8 Å². The predicted molar refractivity (Wildman–Crippen MR) is 112 cm³/mol. The van der Waals surface area contributed by atoms with Gasteiger partial charge < -0.3 is 20.1 Å². The standard InChI is InChI=1S/C22H34N2O5/c1-14(2)19(21(27)29-13-18(25)23-15(3)12-28-7)24-20(26)16-8-10-17(11-9-16)22(4,5)6/h8-11,14-15,19H,12-13H2,1-7H3,(H,23,25)(H,24,26)/t15-,19+/m0/s1. The Balaban J connectivity index is 2.69. The van der Waals surface area contributed by atoms with Crippen LogP contribution in [0.5, 0.6) is 0 Å². The lowest BCUT2D eigenvalue weighted by atomic mass is 9.86. The van der Waals surface area contributed by atoms with E-state index < -0.39 is 24.5 Å². The van der Waals surface area contributed by atoms with Crippen LogP contribution >= 0.6 is 0 Å². The average molecular weight is 407 g/mol. The van der Waals surface area contributed by atoms with Gasteiger partial charge in [-0.25, -0.2) is 4.79 Å². The molecule has 0 fully saturated rings. The van der Waals surface area contributed by atoms with E-state index in [9.17, 15) is 14.4 Å². The number of carbonyl (C=O) groups is 3. The van der Waals surface area contributed by atoms with Gasteiger partial charge in [0, 0.05) is 18.7 Å². The summed E-state index contributed by atoms with van der Waals surface area (Å²) >= 11 is 0. The molecule has 2 amide bonds. The van der Waals surface area contributed by atoms with Crippen molar-refractivity contribution in [1.29, 1.82) is 0 Å². The second-order valence-electron chi connectivity index (χ2n) is 8.55. The molecule has 0 spiro atoms. The predicted octanol–water partition coefficient (Wildman–Crippen LogP) is 2.43. The van der Waals surface area contributed by atoms with Gasteiger partial charge in [-0.3, -0.25) is 9.59 Å². The quantitative estimate of drug-likeness (QED) is 0.615. The molecule has 2 atom stereocenters. The van der Waals surface area contributed by atoms with E-state index in [0.29, 0.717) is 12.2 Å². The Hall–Kier alpha value is -2.41. The molecule has 0 bridgehead atoms. The number of esters is 1. The number of hydrogen-bond acceptors (Lipinski definition) is 5. The topological polar surface area (TPSA) is 93.7 Å². The third kappa shape index (κ3) is 8.23. The molecule has 7 nitrogen and oxygen atoms in total. The number of hydrogen-bond donors (Lipinski definition) is 2. The van der Waals surface area contributed by atoms with E-state index >= 15 is 0 Å². The van der Waals surface area contributed by atoms with Gasteiger partial charge >= 0.3 is 5.97 Å². The molecule has 1 aromatic carbocycles. The minimum absolute atomic E-state index is 0.0133. The van der Waals surface area contributed by atoms with Gasteiger partial charge in [-0.15, -0.1) is 0 Å². The van der Waals surface area contributed by atoms with Crippen molar-refractivity contribution in [3.05, 3.63) is 35.4 Å². The lowest BCUT2D eigenvalue weighted by molar-refractivity contribution is -0.151. The maximum Gasteiger partial charge on any atom is 0.329 e. The van der Waals surface area contributed by atoms with Gasteiger partial charge in [0.25, 0.3) is 11.8 Å². The molecule has 162 valence electrons. The largest absolute Gasteiger partial charge is 0.454 e. The third-order valence-corrected chi connectivity index (χ3v) is 4.39. The lowest BCUT2D eigenvalue weighted by Gasteiger charge is -2.22. The summed E-state index contributed by atoms with van der Waals surface area (Å²) in [4.78, 5) is 36.8. The summed E-state index contributed by atoms with van der Waals surface area (Å²) in [6, 6.07) is 6.25. The van der Waals surface area contributed by atoms with Crippen LogP contribution in [0.2, 0.25) is 0 Å². The van der Waals surface area contributed by atoms with Crippen LogP contribution in [0.25, 0.3) is 0 Å². The number of nitrogens with one attached hydrogen (secondary N) is 2. The Morgan fingerprint density at radius 3 is 2.07 bits per heavy atom. The van der Waals surface area contributed by atoms with Crippen LogP contribution in [0.15, 0.2) is 24.3 Å². The molecule has 7 heteroatoms. The van der Waals surface area contributed by atoms with Crippen molar-refractivity contribution in [2.75, 3.05) is 20.3 Å². The maximum absolute atomic E-state index is 12.6. The van der Waals surface area contributed by atoms with E-state index in [1.165, 1.54) is 7.11 Å². The number of methoxy groups -OCH3 is 1. The van der Waals surface area contributed by atoms with Crippen LogP contribution in [0, 0.1) is 5.92 Å². The summed E-state index contributed by atoms with van der Waals surface area (Å²) < 4.78 is 10.0. The van der Waals surface area contributed by atoms with E-state index in [1.54, 1.807) is 32.9 Å². The molecule has 0 aliphatic carbocycles. The zero-order valence-corrected chi connectivity index (χ0v) is 18.5. The van der Waals surface area contributed by atoms with Crippen LogP contribution < -0.4 is 10.6 Å². The summed E-state index contributed by atoms with van der Waals surface area (Å²) in [6.07, 6.45) is 0. The van der Waals surface area contributed by atoms with Gasteiger partial charge in [-0.1, -0.05) is 46.8 Å². The fraction of sp³-hybridized carbons (Fsp3) is 0.591. The molecular formula is C22H34N2O5. The van der Waals surface area contributed by atoms with Gasteiger partial charge in [-0.05, 0) is 36.0 Å². The van der Waals surface area contributed by atoms with Crippen LogP contribution in [0.1, 0.15) is 57.5 Å². The van der Waals surface area contributed by atoms with Gasteiger partial charge in [-0.2, -0.15) is 0 Å². The zero-order chi connectivity index (χ0) is 22.2. The molecule has 1 rings (SSSR count). The number of benzene rings is 1. The van der Waals surface area contributed by atoms with Gasteiger partial charge in [0.1, 0.15) is 6.04 Å². The second kappa shape index (κ2) is 11.0. The fourth-order valence-electron chi connectivity index (χ4n) is 2.68. The second-order valence-corrected chi connectivity index (χ2v) is 8.55. The Bertz CT molecular complexity index is 692. The monoisotopic (exact) mass is 406 g/mol. The van der Waals surface area contributed by atoms with Crippen molar-refractivity contribution in [2.24, 2.45) is 5.92 Å². The highest BCUT2D eigenvalue weighted by atomic mass is 16.5. The van der Waals surface area contributed by atoms with E-state index in [0.717, 1.165) is 5.56 Å². The smallest absolute Gasteiger partial charge is 0.329 e. The molecule has 0 unspecified atom stereocenters. The summed E-state index contributed by atoms with van der Waals surface area (Å²) in [5.41, 5.74) is 1.56. The molecule has 29 heavy (non-hydrogen) atoms. The Kier molecular flexibility index (Phi) is 9.30. The number of rotatable bonds is 9. The van der Waals surface area contributed by atoms with Crippen molar-refractivity contribution in [2.45, 2.75) is 59.0 Å². The molecule has 1 aromatic rings. The first kappa shape index (κ1) is 24.6. The van der Waals surface area contributed by atoms with Gasteiger partial charge in [0.05, 0.1) is 6.61 Å². The lowest BCUT2D eigenvalue weighted by Crippen LogP contribution is -2.46. The molecular weight excluding hydrogens is 372 g/mol. The van der Waals surface area contributed by atoms with Gasteiger partial charge in [0.15, 0.2) is 6.61 Å². The average Bonchev–Trinajstić information content (AvgIpc) is 2.63. The molecule has 0 aliphatic rings. The van der Waals surface area contributed by atoms with Crippen molar-refractivity contribution in [3.8, 4) is 0 Å². The van der Waals surface area contributed by atoms with E-state index in [2.05, 4.69) is 31.4 Å². The Morgan fingerprint density at radius 2 is 1.59 bits per heavy atom. The highest BCUT2D eigenvalue weighted by Gasteiger charge is 2.27. The van der Waals surface area contributed by atoms with Crippen LogP contribution in [0.4, 0.5) is 0 Å². The van der Waals surface area contributed by atoms with E-state index in [1.807, 2.05) is 12.1 Å². The van der Waals surface area contributed by atoms with Crippen LogP contribution in [-0.2, 0) is 24.5 Å². The molecule has 0 saturated carbocycles. The molecule has 0 saturated heterocycles. The molecule has 0 aromatic heterocycles. The molecule has 2 N–H and O–H groups in total. The highest BCUT2D eigenvalue weighted by molar-refractivity contribution is 5.97. The summed E-state index contributed by atoms with van der Waals surface area (Å²) in [5.74, 6) is -1.63. The van der Waals surface area contributed by atoms with Crippen molar-refractivity contribution in [1.82, 2.24) is 10.6 Å². The summed E-state index contributed by atoms with van der Waals surface area (Å²) in [6.45, 7) is 11.6. The summed E-state index contributed by atoms with van der Waals surface area (Å²) in [7, 11) is 1.54. The number of amides is 2. The molecule has 0 radical (unpaired) electrons. The number of carbonyl (C=O) groups excluding carboxylic acids is 3. The first-order valence-electron chi connectivity index (χ1n) is 9.82. The fourth-order valence-corrected chi connectivity index (χ4v) is 2.68. The maximum atomic E-state index is 12.6. The van der Waals surface area contributed by atoms with Crippen molar-refractivity contribution in [3.63, 3.8) is 0 Å². The van der Waals surface area contributed by atoms with E-state index in [4.69, 9.17) is 9.47 Å². The number of ether oxygens (including phenoxy) is 2. The summed E-state index contributed by atoms with van der Waals surface area (Å²) in [5, 5.41) is 5.37. The normalized spacial score (nSPS) is 13.5. The highest BCUT2D eigenvalue weighted by Crippen LogP contribution is 2.22. The third-order valence-electron chi connectivity index (χ3n) is 4.39. The van der Waals surface area contributed by atoms with Gasteiger partial charge in [0.2, 0.25) is 0 Å². The van der Waals surface area contributed by atoms with Crippen molar-refractivity contribution < 1.29 is 23.9 Å². The molecule has 0 heterocycles. The minimum atomic E-state index is -0.853. The Morgan fingerprint density at radius 1 is 1.00 bits per heavy atom.